The maximum Gasteiger partial charge on any atom is 0.357 e. The molecule has 0 saturated heterocycles. The molecule has 1 amide bonds. The van der Waals surface area contributed by atoms with Gasteiger partial charge < -0.3 is 10.1 Å². The average Bonchev–Trinajstić information content (AvgIpc) is 2.49. The Morgan fingerprint density at radius 3 is 2.59 bits per heavy atom. The minimum Gasteiger partial charge on any atom is -0.448 e. The van der Waals surface area contributed by atoms with E-state index in [1.807, 2.05) is 0 Å². The lowest BCUT2D eigenvalue weighted by Crippen LogP contribution is -2.30. The Labute approximate surface area is 136 Å². The predicted octanol–water partition coefficient (Wildman–Crippen LogP) is 2.97. The number of pyridine rings is 2. The fourth-order valence-electron chi connectivity index (χ4n) is 1.47. The van der Waals surface area contributed by atoms with Crippen LogP contribution in [0.3, 0.4) is 0 Å². The molecule has 2 aromatic rings. The van der Waals surface area contributed by atoms with Crippen LogP contribution in [0.15, 0.2) is 36.7 Å². The van der Waals surface area contributed by atoms with Crippen molar-refractivity contribution in [2.75, 3.05) is 5.32 Å². The van der Waals surface area contributed by atoms with Crippen molar-refractivity contribution in [1.82, 2.24) is 9.97 Å². The van der Waals surface area contributed by atoms with E-state index < -0.39 is 18.0 Å². The second kappa shape index (κ2) is 7.20. The second-order valence-electron chi connectivity index (χ2n) is 4.26. The Hall–Kier alpha value is -2.18. The summed E-state index contributed by atoms with van der Waals surface area (Å²) < 4.78 is 5.02. The summed E-state index contributed by atoms with van der Waals surface area (Å²) in [6.07, 6.45) is 1.75. The molecular weight excluding hydrogens is 329 g/mol. The van der Waals surface area contributed by atoms with Gasteiger partial charge in [0.2, 0.25) is 0 Å². The molecule has 0 radical (unpaired) electrons. The Kier molecular flexibility index (Phi) is 5.30. The minimum absolute atomic E-state index is 0.0248. The molecule has 0 aliphatic carbocycles. The van der Waals surface area contributed by atoms with Crippen LogP contribution < -0.4 is 5.32 Å². The molecule has 0 bridgehead atoms. The first-order chi connectivity index (χ1) is 10.5. The fraction of sp³-hybridized carbons (Fsp3) is 0.143. The zero-order chi connectivity index (χ0) is 16.1. The van der Waals surface area contributed by atoms with E-state index >= 15 is 0 Å². The van der Waals surface area contributed by atoms with Crippen molar-refractivity contribution < 1.29 is 14.3 Å². The predicted molar refractivity (Wildman–Crippen MR) is 82.0 cm³/mol. The van der Waals surface area contributed by atoms with Gasteiger partial charge in [-0.05, 0) is 31.2 Å². The van der Waals surface area contributed by atoms with E-state index in [0.717, 1.165) is 0 Å². The van der Waals surface area contributed by atoms with Crippen LogP contribution in [0, 0.1) is 0 Å². The minimum atomic E-state index is -1.02. The third kappa shape index (κ3) is 4.41. The van der Waals surface area contributed by atoms with E-state index in [1.165, 1.54) is 37.5 Å². The van der Waals surface area contributed by atoms with Gasteiger partial charge in [-0.3, -0.25) is 4.79 Å². The van der Waals surface area contributed by atoms with E-state index in [9.17, 15) is 9.59 Å². The highest BCUT2D eigenvalue weighted by atomic mass is 35.5. The van der Waals surface area contributed by atoms with Crippen LogP contribution in [-0.4, -0.2) is 27.9 Å². The molecule has 2 rings (SSSR count). The summed E-state index contributed by atoms with van der Waals surface area (Å²) in [7, 11) is 0. The van der Waals surface area contributed by atoms with Crippen molar-refractivity contribution >= 4 is 40.9 Å². The number of halogens is 2. The SMILES string of the molecule is C[C@@H](OC(=O)c1cc(Cl)ccn1)C(=O)Nc1ccc(Cl)cn1. The lowest BCUT2D eigenvalue weighted by Gasteiger charge is -2.12. The number of esters is 1. The van der Waals surface area contributed by atoms with Gasteiger partial charge >= 0.3 is 5.97 Å². The van der Waals surface area contributed by atoms with Crippen molar-refractivity contribution in [3.8, 4) is 0 Å². The molecule has 2 heterocycles. The van der Waals surface area contributed by atoms with Gasteiger partial charge in [0.1, 0.15) is 11.5 Å². The molecule has 0 fully saturated rings. The van der Waals surface area contributed by atoms with Crippen molar-refractivity contribution in [2.24, 2.45) is 0 Å². The number of ether oxygens (including phenoxy) is 1. The molecular formula is C14H11Cl2N3O3. The molecule has 0 aromatic carbocycles. The number of nitrogens with one attached hydrogen (secondary N) is 1. The molecule has 114 valence electrons. The van der Waals surface area contributed by atoms with Crippen LogP contribution in [0.1, 0.15) is 17.4 Å². The monoisotopic (exact) mass is 339 g/mol. The summed E-state index contributed by atoms with van der Waals surface area (Å²) >= 11 is 11.5. The van der Waals surface area contributed by atoms with Crippen LogP contribution >= 0.6 is 23.2 Å². The van der Waals surface area contributed by atoms with Crippen LogP contribution in [0.2, 0.25) is 10.0 Å². The summed E-state index contributed by atoms with van der Waals surface area (Å²) in [6.45, 7) is 1.44. The van der Waals surface area contributed by atoms with Gasteiger partial charge in [0.05, 0.1) is 5.02 Å². The molecule has 8 heteroatoms. The van der Waals surface area contributed by atoms with Gasteiger partial charge in [-0.15, -0.1) is 0 Å². The molecule has 1 N–H and O–H groups in total. The molecule has 0 unspecified atom stereocenters. The highest BCUT2D eigenvalue weighted by molar-refractivity contribution is 6.31. The molecule has 0 spiro atoms. The molecule has 1 atom stereocenters. The summed E-state index contributed by atoms with van der Waals surface area (Å²) in [4.78, 5) is 31.5. The maximum absolute atomic E-state index is 11.9. The standard InChI is InChI=1S/C14H11Cl2N3O3/c1-8(13(20)19-12-3-2-10(16)7-18-12)22-14(21)11-6-9(15)4-5-17-11/h2-8H,1H3,(H,18,19,20)/t8-/m1/s1. The summed E-state index contributed by atoms with van der Waals surface area (Å²) in [6, 6.07) is 6.00. The largest absolute Gasteiger partial charge is 0.448 e. The normalized spacial score (nSPS) is 11.6. The first-order valence-electron chi connectivity index (χ1n) is 6.20. The molecule has 0 saturated carbocycles. The van der Waals surface area contributed by atoms with E-state index in [-0.39, 0.29) is 5.69 Å². The molecule has 0 aliphatic heterocycles. The summed E-state index contributed by atoms with van der Waals surface area (Å²) in [5.74, 6) is -0.961. The van der Waals surface area contributed by atoms with E-state index in [4.69, 9.17) is 27.9 Å². The number of hydrogen-bond acceptors (Lipinski definition) is 5. The van der Waals surface area contributed by atoms with E-state index in [0.29, 0.717) is 15.9 Å². The van der Waals surface area contributed by atoms with Gasteiger partial charge in [0.25, 0.3) is 5.91 Å². The van der Waals surface area contributed by atoms with Gasteiger partial charge in [-0.1, -0.05) is 23.2 Å². The molecule has 6 nitrogen and oxygen atoms in total. The van der Waals surface area contributed by atoms with Gasteiger partial charge in [-0.25, -0.2) is 14.8 Å². The van der Waals surface area contributed by atoms with E-state index in [2.05, 4.69) is 15.3 Å². The average molecular weight is 340 g/mol. The number of rotatable bonds is 4. The fourth-order valence-corrected chi connectivity index (χ4v) is 1.74. The Balaban J connectivity index is 1.96. The van der Waals surface area contributed by atoms with Crippen molar-refractivity contribution in [2.45, 2.75) is 13.0 Å². The second-order valence-corrected chi connectivity index (χ2v) is 5.13. The third-order valence-electron chi connectivity index (χ3n) is 2.56. The molecule has 0 aliphatic rings. The molecule has 2 aromatic heterocycles. The van der Waals surface area contributed by atoms with Crippen molar-refractivity contribution in [1.29, 1.82) is 0 Å². The quantitative estimate of drug-likeness (QED) is 0.866. The first-order valence-corrected chi connectivity index (χ1v) is 6.96. The first kappa shape index (κ1) is 16.2. The smallest absolute Gasteiger partial charge is 0.357 e. The number of hydrogen-bond donors (Lipinski definition) is 1. The van der Waals surface area contributed by atoms with E-state index in [1.54, 1.807) is 6.07 Å². The van der Waals surface area contributed by atoms with Crippen LogP contribution in [-0.2, 0) is 9.53 Å². The number of aromatic nitrogens is 2. The van der Waals surface area contributed by atoms with Crippen LogP contribution in [0.4, 0.5) is 5.82 Å². The van der Waals surface area contributed by atoms with Gasteiger partial charge in [-0.2, -0.15) is 0 Å². The number of carbonyl (C=O) groups is 2. The summed E-state index contributed by atoms with van der Waals surface area (Å²) in [5.41, 5.74) is 0.0248. The summed E-state index contributed by atoms with van der Waals surface area (Å²) in [5, 5.41) is 3.30. The third-order valence-corrected chi connectivity index (χ3v) is 3.02. The number of carbonyl (C=O) groups excluding carboxylic acids is 2. The number of anilines is 1. The van der Waals surface area contributed by atoms with Gasteiger partial charge in [0.15, 0.2) is 6.10 Å². The van der Waals surface area contributed by atoms with Crippen LogP contribution in [0.25, 0.3) is 0 Å². The highest BCUT2D eigenvalue weighted by Crippen LogP contribution is 2.12. The lowest BCUT2D eigenvalue weighted by molar-refractivity contribution is -0.123. The van der Waals surface area contributed by atoms with Crippen molar-refractivity contribution in [3.63, 3.8) is 0 Å². The zero-order valence-electron chi connectivity index (χ0n) is 11.4. The Bertz CT molecular complexity index is 692. The maximum atomic E-state index is 11.9. The molecule has 22 heavy (non-hydrogen) atoms. The number of nitrogens with zero attached hydrogens (tertiary/aromatic N) is 2. The lowest BCUT2D eigenvalue weighted by atomic mass is 10.3. The Morgan fingerprint density at radius 1 is 1.18 bits per heavy atom. The van der Waals surface area contributed by atoms with Gasteiger partial charge in [0, 0.05) is 17.4 Å². The topological polar surface area (TPSA) is 81.2 Å². The number of amides is 1. The van der Waals surface area contributed by atoms with Crippen LogP contribution in [0.5, 0.6) is 0 Å². The highest BCUT2D eigenvalue weighted by Gasteiger charge is 2.20. The van der Waals surface area contributed by atoms with Crippen molar-refractivity contribution in [3.05, 3.63) is 52.4 Å². The Morgan fingerprint density at radius 2 is 1.95 bits per heavy atom. The zero-order valence-corrected chi connectivity index (χ0v) is 12.9.